The summed E-state index contributed by atoms with van der Waals surface area (Å²) in [7, 11) is 3.09. The van der Waals surface area contributed by atoms with Gasteiger partial charge in [-0.2, -0.15) is 4.98 Å². The van der Waals surface area contributed by atoms with Gasteiger partial charge >= 0.3 is 5.16 Å². The first-order chi connectivity index (χ1) is 10.7. The molecule has 1 N–H and O–H groups in total. The van der Waals surface area contributed by atoms with E-state index in [0.29, 0.717) is 22.3 Å². The van der Waals surface area contributed by atoms with Gasteiger partial charge in [0.2, 0.25) is 0 Å². The maximum absolute atomic E-state index is 12.5. The molecule has 22 heavy (non-hydrogen) atoms. The number of benzene rings is 1. The van der Waals surface area contributed by atoms with Crippen LogP contribution >= 0.6 is 0 Å². The largest absolute Gasteiger partial charge is 0.609 e. The predicted molar refractivity (Wildman–Crippen MR) is 83.5 cm³/mol. The lowest BCUT2D eigenvalue weighted by atomic mass is 10.3. The molecular weight excluding hydrogens is 302 g/mol. The van der Waals surface area contributed by atoms with Gasteiger partial charge < -0.3 is 14.0 Å². The molecule has 1 aromatic carbocycles. The summed E-state index contributed by atoms with van der Waals surface area (Å²) in [5.74, 6) is 1.25. The van der Waals surface area contributed by atoms with Gasteiger partial charge in [-0.3, -0.25) is 9.97 Å². The van der Waals surface area contributed by atoms with E-state index in [1.807, 2.05) is 24.3 Å². The number of fused-ring (bicyclic) bond motifs is 1. The molecule has 0 bridgehead atoms. The zero-order chi connectivity index (χ0) is 15.5. The van der Waals surface area contributed by atoms with Crippen LogP contribution in [0, 0.1) is 0 Å². The highest BCUT2D eigenvalue weighted by Gasteiger charge is 2.22. The Labute approximate surface area is 130 Å². The summed E-state index contributed by atoms with van der Waals surface area (Å²) >= 11 is -1.35. The Bertz CT molecular complexity index is 758. The normalized spacial score (nSPS) is 12.3. The summed E-state index contributed by atoms with van der Waals surface area (Å²) in [5, 5.41) is 0.424. The van der Waals surface area contributed by atoms with Crippen LogP contribution in [0.3, 0.4) is 0 Å². The minimum atomic E-state index is -1.35. The lowest BCUT2D eigenvalue weighted by Gasteiger charge is -2.12. The molecule has 0 radical (unpaired) electrons. The van der Waals surface area contributed by atoms with Crippen LogP contribution in [0.2, 0.25) is 0 Å². The number of nitrogens with zero attached hydrogens (tertiary/aromatic N) is 2. The van der Waals surface area contributed by atoms with Crippen molar-refractivity contribution in [2.45, 2.75) is 10.9 Å². The first kappa shape index (κ1) is 14.7. The number of hydrogen-bond acceptors (Lipinski definition) is 5. The van der Waals surface area contributed by atoms with Gasteiger partial charge in [0.25, 0.3) is 0 Å². The van der Waals surface area contributed by atoms with E-state index in [9.17, 15) is 4.55 Å². The Balaban J connectivity index is 1.89. The first-order valence-corrected chi connectivity index (χ1v) is 7.94. The molecule has 0 spiro atoms. The number of hydrogen-bond donors (Lipinski definition) is 1. The van der Waals surface area contributed by atoms with Gasteiger partial charge in [0.05, 0.1) is 25.3 Å². The van der Waals surface area contributed by atoms with Crippen molar-refractivity contribution >= 4 is 22.2 Å². The number of ether oxygens (including phenoxy) is 2. The Hall–Kier alpha value is -2.25. The van der Waals surface area contributed by atoms with Crippen LogP contribution in [0.5, 0.6) is 11.5 Å². The maximum atomic E-state index is 12.5. The summed E-state index contributed by atoms with van der Waals surface area (Å²) in [4.78, 5) is 11.7. The van der Waals surface area contributed by atoms with E-state index in [0.717, 1.165) is 11.0 Å². The first-order valence-electron chi connectivity index (χ1n) is 6.62. The van der Waals surface area contributed by atoms with E-state index in [2.05, 4.69) is 15.0 Å². The highest BCUT2D eigenvalue weighted by Crippen LogP contribution is 2.31. The molecule has 0 aliphatic heterocycles. The second-order valence-electron chi connectivity index (χ2n) is 4.54. The van der Waals surface area contributed by atoms with Crippen LogP contribution in [0.1, 0.15) is 5.69 Å². The zero-order valence-electron chi connectivity index (χ0n) is 12.2. The summed E-state index contributed by atoms with van der Waals surface area (Å²) in [6.45, 7) is 0. The fourth-order valence-corrected chi connectivity index (χ4v) is 3.20. The van der Waals surface area contributed by atoms with Crippen molar-refractivity contribution < 1.29 is 14.0 Å². The van der Waals surface area contributed by atoms with E-state index >= 15 is 0 Å². The van der Waals surface area contributed by atoms with Gasteiger partial charge in [-0.1, -0.05) is 12.1 Å². The Morgan fingerprint density at radius 3 is 2.73 bits per heavy atom. The monoisotopic (exact) mass is 317 g/mol. The molecule has 6 nitrogen and oxygen atoms in total. The van der Waals surface area contributed by atoms with E-state index in [1.165, 1.54) is 7.11 Å². The third kappa shape index (κ3) is 2.72. The van der Waals surface area contributed by atoms with E-state index in [1.54, 1.807) is 19.4 Å². The zero-order valence-corrected chi connectivity index (χ0v) is 13.0. The Kier molecular flexibility index (Phi) is 4.17. The minimum absolute atomic E-state index is 0.195. The van der Waals surface area contributed by atoms with Gasteiger partial charge in [0.1, 0.15) is 5.69 Å². The second-order valence-corrected chi connectivity index (χ2v) is 5.91. The molecule has 2 heterocycles. The predicted octanol–water partition coefficient (Wildman–Crippen LogP) is 2.28. The molecule has 2 aromatic heterocycles. The van der Waals surface area contributed by atoms with Crippen LogP contribution in [-0.4, -0.2) is 33.7 Å². The molecule has 3 rings (SSSR count). The van der Waals surface area contributed by atoms with Gasteiger partial charge in [0.15, 0.2) is 17.3 Å². The van der Waals surface area contributed by atoms with E-state index in [4.69, 9.17) is 9.47 Å². The van der Waals surface area contributed by atoms with Gasteiger partial charge in [-0.25, -0.2) is 0 Å². The molecule has 0 fully saturated rings. The summed E-state index contributed by atoms with van der Waals surface area (Å²) in [6, 6.07) is 9.26. The number of aromatic amines is 1. The number of nitrogens with one attached hydrogen (secondary N) is 1. The third-order valence-electron chi connectivity index (χ3n) is 3.22. The number of H-pyrrole nitrogens is 1. The summed E-state index contributed by atoms with van der Waals surface area (Å²) in [5.41, 5.74) is 2.22. The maximum Gasteiger partial charge on any atom is 0.322 e. The van der Waals surface area contributed by atoms with Crippen molar-refractivity contribution in [2.75, 3.05) is 14.2 Å². The molecule has 7 heteroatoms. The standard InChI is InChI=1S/C15H15N3O3S/c1-20-13-7-8-16-12(14(13)21-2)9-22(19)15-17-10-5-3-4-6-11(10)18-15/h3-8H,9H2,1-2H3,(H,17,18). The van der Waals surface area contributed by atoms with Crippen molar-refractivity contribution in [1.82, 2.24) is 15.0 Å². The molecule has 1 atom stereocenters. The molecule has 3 aromatic rings. The fraction of sp³-hybridized carbons (Fsp3) is 0.200. The van der Waals surface area contributed by atoms with Crippen LogP contribution in [-0.2, 0) is 16.9 Å². The van der Waals surface area contributed by atoms with Crippen molar-refractivity contribution in [3.63, 3.8) is 0 Å². The number of pyridine rings is 1. The average molecular weight is 317 g/mol. The number of para-hydroxylation sites is 2. The minimum Gasteiger partial charge on any atom is -0.609 e. The van der Waals surface area contributed by atoms with Crippen LogP contribution in [0.4, 0.5) is 0 Å². The number of aromatic nitrogens is 3. The molecule has 1 unspecified atom stereocenters. The summed E-state index contributed by atoms with van der Waals surface area (Å²) < 4.78 is 23.1. The number of methoxy groups -OCH3 is 2. The second kappa shape index (κ2) is 6.25. The number of imidazole rings is 1. The Morgan fingerprint density at radius 1 is 1.18 bits per heavy atom. The fourth-order valence-electron chi connectivity index (χ4n) is 2.18. The molecule has 0 saturated carbocycles. The average Bonchev–Trinajstić information content (AvgIpc) is 2.98. The number of rotatable bonds is 5. The molecular formula is C15H15N3O3S. The lowest BCUT2D eigenvalue weighted by molar-refractivity contribution is 0.350. The van der Waals surface area contributed by atoms with Gasteiger partial charge in [-0.15, -0.1) is 0 Å². The highest BCUT2D eigenvalue weighted by atomic mass is 32.2. The third-order valence-corrected chi connectivity index (χ3v) is 4.38. The van der Waals surface area contributed by atoms with Crippen LogP contribution in [0.25, 0.3) is 11.0 Å². The highest BCUT2D eigenvalue weighted by molar-refractivity contribution is 7.90. The van der Waals surface area contributed by atoms with Crippen LogP contribution < -0.4 is 9.47 Å². The summed E-state index contributed by atoms with van der Waals surface area (Å²) in [6.07, 6.45) is 1.60. The van der Waals surface area contributed by atoms with Crippen molar-refractivity contribution in [1.29, 1.82) is 0 Å². The van der Waals surface area contributed by atoms with E-state index in [-0.39, 0.29) is 5.75 Å². The molecule has 0 amide bonds. The molecule has 114 valence electrons. The Morgan fingerprint density at radius 2 is 2.00 bits per heavy atom. The van der Waals surface area contributed by atoms with Crippen molar-refractivity contribution in [2.24, 2.45) is 0 Å². The molecule has 0 saturated heterocycles. The van der Waals surface area contributed by atoms with Crippen LogP contribution in [0.15, 0.2) is 41.7 Å². The quantitative estimate of drug-likeness (QED) is 0.730. The lowest BCUT2D eigenvalue weighted by Crippen LogP contribution is -2.10. The smallest absolute Gasteiger partial charge is 0.322 e. The topological polar surface area (TPSA) is 83.1 Å². The van der Waals surface area contributed by atoms with E-state index < -0.39 is 11.2 Å². The SMILES string of the molecule is COc1ccnc(C[S+]([O-])c2nc3ccccc3[nH]2)c1OC. The van der Waals surface area contributed by atoms with Crippen molar-refractivity contribution in [3.8, 4) is 11.5 Å². The molecule has 0 aliphatic rings. The van der Waals surface area contributed by atoms with Gasteiger partial charge in [0, 0.05) is 23.4 Å². The van der Waals surface area contributed by atoms with Gasteiger partial charge in [-0.05, 0) is 12.1 Å². The van der Waals surface area contributed by atoms with Crippen molar-refractivity contribution in [3.05, 3.63) is 42.2 Å². The molecule has 0 aliphatic carbocycles.